The van der Waals surface area contributed by atoms with E-state index in [1.54, 1.807) is 0 Å². The molecule has 0 unspecified atom stereocenters. The average molecular weight is 347 g/mol. The maximum Gasteiger partial charge on any atom is 0.242 e. The minimum atomic E-state index is -0.667. The van der Waals surface area contributed by atoms with E-state index >= 15 is 0 Å². The summed E-state index contributed by atoms with van der Waals surface area (Å²) in [6, 6.07) is 1.23. The van der Waals surface area contributed by atoms with Crippen LogP contribution in [0.25, 0.3) is 0 Å². The fourth-order valence-electron chi connectivity index (χ4n) is 1.62. The van der Waals surface area contributed by atoms with Crippen LogP contribution in [-0.4, -0.2) is 35.8 Å². The summed E-state index contributed by atoms with van der Waals surface area (Å²) < 4.78 is 17.5. The summed E-state index contributed by atoms with van der Waals surface area (Å²) in [6.45, 7) is 10.3. The predicted octanol–water partition coefficient (Wildman–Crippen LogP) is 2.42. The quantitative estimate of drug-likeness (QED) is 0.291. The Bertz CT molecular complexity index is 277. The van der Waals surface area contributed by atoms with Gasteiger partial charge in [0.2, 0.25) is 6.48 Å². The second-order valence-corrected chi connectivity index (χ2v) is 9.40. The van der Waals surface area contributed by atoms with Crippen LogP contribution in [0.2, 0.25) is 6.04 Å². The smallest absolute Gasteiger partial charge is 0.242 e. The van der Waals surface area contributed by atoms with Crippen LogP contribution in [0, 0.1) is 0 Å². The van der Waals surface area contributed by atoms with Crippen LogP contribution in [0.5, 0.6) is 0 Å². The Kier molecular flexibility index (Phi) is 14.9. The van der Waals surface area contributed by atoms with Crippen molar-refractivity contribution in [2.45, 2.75) is 72.8 Å². The SMILES string of the molecule is CCCCCC[SiH2]OC(O[SiH2]C=C(C)C)O[SiH2]C=C(C)C. The van der Waals surface area contributed by atoms with Gasteiger partial charge in [0.05, 0.1) is 0 Å². The zero-order chi connectivity index (χ0) is 15.9. The van der Waals surface area contributed by atoms with E-state index in [0.717, 1.165) is 0 Å². The number of hydrogen-bond acceptors (Lipinski definition) is 3. The number of unbranched alkanes of at least 4 members (excludes halogenated alkanes) is 3. The molecule has 0 N–H and O–H groups in total. The minimum absolute atomic E-state index is 0.382. The van der Waals surface area contributed by atoms with Gasteiger partial charge in [0.1, 0.15) is 0 Å². The Balaban J connectivity index is 3.94. The molecule has 0 aliphatic rings. The highest BCUT2D eigenvalue weighted by atomic mass is 28.2. The number of hydrogen-bond donors (Lipinski definition) is 0. The fourth-order valence-corrected chi connectivity index (χ4v) is 4.86. The van der Waals surface area contributed by atoms with Crippen molar-refractivity contribution in [3.8, 4) is 0 Å². The van der Waals surface area contributed by atoms with Gasteiger partial charge < -0.3 is 13.3 Å². The van der Waals surface area contributed by atoms with Gasteiger partial charge in [-0.2, -0.15) is 0 Å². The number of allylic oxidation sites excluding steroid dienone is 2. The van der Waals surface area contributed by atoms with Crippen molar-refractivity contribution in [3.63, 3.8) is 0 Å². The fraction of sp³-hybridized carbons (Fsp3) is 0.733. The molecule has 0 aliphatic carbocycles. The van der Waals surface area contributed by atoms with E-state index in [0.29, 0.717) is 0 Å². The molecule has 0 heterocycles. The van der Waals surface area contributed by atoms with Crippen molar-refractivity contribution >= 4 is 29.3 Å². The molecular weight excluding hydrogens is 312 g/mol. The molecule has 3 nitrogen and oxygen atoms in total. The third-order valence-corrected chi connectivity index (χ3v) is 7.14. The van der Waals surface area contributed by atoms with Gasteiger partial charge in [0.15, 0.2) is 29.3 Å². The molecule has 0 spiro atoms. The summed E-state index contributed by atoms with van der Waals surface area (Å²) >= 11 is 0. The minimum Gasteiger partial charge on any atom is -0.380 e. The molecular formula is C15H34O3Si3. The van der Waals surface area contributed by atoms with Gasteiger partial charge in [0.25, 0.3) is 0 Å². The first-order chi connectivity index (χ1) is 10.1. The molecule has 0 aromatic rings. The van der Waals surface area contributed by atoms with Crippen LogP contribution in [0.1, 0.15) is 60.3 Å². The second kappa shape index (κ2) is 14.9. The van der Waals surface area contributed by atoms with Gasteiger partial charge in [-0.1, -0.05) is 55.2 Å². The molecule has 0 bridgehead atoms. The third kappa shape index (κ3) is 16.2. The van der Waals surface area contributed by atoms with E-state index in [9.17, 15) is 0 Å². The van der Waals surface area contributed by atoms with Crippen LogP contribution >= 0.6 is 0 Å². The monoisotopic (exact) mass is 346 g/mol. The molecule has 124 valence electrons. The molecule has 0 atom stereocenters. The molecule has 0 saturated carbocycles. The van der Waals surface area contributed by atoms with E-state index in [1.165, 1.54) is 42.9 Å². The molecule has 0 radical (unpaired) electrons. The lowest BCUT2D eigenvalue weighted by Gasteiger charge is -2.18. The molecule has 6 heteroatoms. The molecule has 0 saturated heterocycles. The highest BCUT2D eigenvalue weighted by Gasteiger charge is 2.07. The summed E-state index contributed by atoms with van der Waals surface area (Å²) in [7, 11) is -1.84. The van der Waals surface area contributed by atoms with Crippen molar-refractivity contribution in [2.75, 3.05) is 0 Å². The molecule has 0 rings (SSSR count). The standard InChI is InChI=1S/C15H34O3Si3/c1-6-7-8-9-10-19-16-15(17-20-11-13(2)3)18-21-12-14(4)5/h11-12,15H,6-10,19-21H2,1-5H3. The number of rotatable bonds is 13. The predicted molar refractivity (Wildman–Crippen MR) is 100 cm³/mol. The first kappa shape index (κ1) is 21.0. The molecule has 0 aromatic heterocycles. The van der Waals surface area contributed by atoms with Crippen LogP contribution in [0.3, 0.4) is 0 Å². The van der Waals surface area contributed by atoms with Gasteiger partial charge in [0, 0.05) is 0 Å². The van der Waals surface area contributed by atoms with E-state index in [4.69, 9.17) is 13.3 Å². The summed E-state index contributed by atoms with van der Waals surface area (Å²) in [6.07, 6.45) is 5.26. The lowest BCUT2D eigenvalue weighted by molar-refractivity contribution is -0.138. The van der Waals surface area contributed by atoms with Crippen molar-refractivity contribution in [2.24, 2.45) is 0 Å². The zero-order valence-electron chi connectivity index (χ0n) is 14.6. The summed E-state index contributed by atoms with van der Waals surface area (Å²) in [4.78, 5) is 0. The largest absolute Gasteiger partial charge is 0.380 e. The van der Waals surface area contributed by atoms with Gasteiger partial charge >= 0.3 is 0 Å². The Morgan fingerprint density at radius 1 is 0.857 bits per heavy atom. The zero-order valence-corrected chi connectivity index (χ0v) is 18.9. The Morgan fingerprint density at radius 2 is 1.43 bits per heavy atom. The highest BCUT2D eigenvalue weighted by molar-refractivity contribution is 6.36. The third-order valence-electron chi connectivity index (χ3n) is 2.95. The van der Waals surface area contributed by atoms with E-state index in [1.807, 2.05) is 0 Å². The van der Waals surface area contributed by atoms with Crippen LogP contribution in [-0.2, 0) is 13.3 Å². The van der Waals surface area contributed by atoms with Crippen LogP contribution < -0.4 is 0 Å². The van der Waals surface area contributed by atoms with Gasteiger partial charge in [-0.25, -0.2) is 0 Å². The maximum atomic E-state index is 5.89. The lowest BCUT2D eigenvalue weighted by atomic mass is 10.2. The lowest BCUT2D eigenvalue weighted by Crippen LogP contribution is -2.25. The summed E-state index contributed by atoms with van der Waals surface area (Å²) in [5, 5.41) is 0. The molecule has 0 aromatic carbocycles. The van der Waals surface area contributed by atoms with Gasteiger partial charge in [-0.05, 0) is 33.7 Å². The van der Waals surface area contributed by atoms with Crippen molar-refractivity contribution < 1.29 is 13.3 Å². The molecule has 0 amide bonds. The second-order valence-electron chi connectivity index (χ2n) is 5.80. The first-order valence-corrected chi connectivity index (χ1v) is 12.5. The Hall–Kier alpha value is 0.0106. The van der Waals surface area contributed by atoms with Crippen molar-refractivity contribution in [3.05, 3.63) is 22.5 Å². The van der Waals surface area contributed by atoms with E-state index < -0.39 is 29.3 Å². The molecule has 21 heavy (non-hydrogen) atoms. The Morgan fingerprint density at radius 3 is 1.90 bits per heavy atom. The van der Waals surface area contributed by atoms with E-state index in [-0.39, 0.29) is 6.48 Å². The van der Waals surface area contributed by atoms with Gasteiger partial charge in [-0.3, -0.25) is 0 Å². The molecule has 0 aliphatic heterocycles. The van der Waals surface area contributed by atoms with Gasteiger partial charge in [-0.15, -0.1) is 0 Å². The normalized spacial score (nSPS) is 13.8. The first-order valence-electron chi connectivity index (χ1n) is 8.17. The van der Waals surface area contributed by atoms with Crippen molar-refractivity contribution in [1.29, 1.82) is 0 Å². The van der Waals surface area contributed by atoms with Crippen LogP contribution in [0.4, 0.5) is 0 Å². The Labute approximate surface area is 138 Å². The summed E-state index contributed by atoms with van der Waals surface area (Å²) in [5.74, 6) is 0. The molecule has 0 fully saturated rings. The average Bonchev–Trinajstić information content (AvgIpc) is 2.41. The van der Waals surface area contributed by atoms with Crippen LogP contribution in [0.15, 0.2) is 22.5 Å². The summed E-state index contributed by atoms with van der Waals surface area (Å²) in [5.41, 5.74) is 7.04. The maximum absolute atomic E-state index is 5.89. The van der Waals surface area contributed by atoms with E-state index in [2.05, 4.69) is 46.0 Å². The van der Waals surface area contributed by atoms with Crippen molar-refractivity contribution in [1.82, 2.24) is 0 Å². The topological polar surface area (TPSA) is 27.7 Å². The highest BCUT2D eigenvalue weighted by Crippen LogP contribution is 2.05.